The van der Waals surface area contributed by atoms with Crippen molar-refractivity contribution in [3.8, 4) is 5.69 Å². The monoisotopic (exact) mass is 633 g/mol. The van der Waals surface area contributed by atoms with Gasteiger partial charge in [0.2, 0.25) is 0 Å². The zero-order valence-electron chi connectivity index (χ0n) is 28.3. The van der Waals surface area contributed by atoms with Crippen LogP contribution in [0.5, 0.6) is 0 Å². The Morgan fingerprint density at radius 1 is 0.816 bits per heavy atom. The van der Waals surface area contributed by atoms with Gasteiger partial charge < -0.3 is 4.57 Å². The zero-order chi connectivity index (χ0) is 33.1. The first-order valence-corrected chi connectivity index (χ1v) is 17.4. The molecule has 0 saturated heterocycles. The highest BCUT2D eigenvalue weighted by Crippen LogP contribution is 2.52. The van der Waals surface area contributed by atoms with Gasteiger partial charge in [-0.05, 0) is 113 Å². The van der Waals surface area contributed by atoms with Crippen LogP contribution in [0.2, 0.25) is 0 Å². The number of allylic oxidation sites excluding steroid dienone is 6. The molecular formula is C46H39N3. The first kappa shape index (κ1) is 29.5. The molecule has 3 heteroatoms. The molecule has 2 heterocycles. The predicted molar refractivity (Wildman–Crippen MR) is 207 cm³/mol. The van der Waals surface area contributed by atoms with E-state index < -0.39 is 0 Å². The van der Waals surface area contributed by atoms with E-state index in [0.717, 1.165) is 30.0 Å². The Morgan fingerprint density at radius 3 is 2.41 bits per heavy atom. The third-order valence-corrected chi connectivity index (χ3v) is 10.6. The van der Waals surface area contributed by atoms with Crippen molar-refractivity contribution in [1.29, 1.82) is 0 Å². The number of hydrogen-bond donors (Lipinski definition) is 0. The highest BCUT2D eigenvalue weighted by Gasteiger charge is 2.38. The van der Waals surface area contributed by atoms with Crippen molar-refractivity contribution >= 4 is 51.4 Å². The maximum absolute atomic E-state index is 4.82. The van der Waals surface area contributed by atoms with Crippen LogP contribution in [0, 0.1) is 5.92 Å². The summed E-state index contributed by atoms with van der Waals surface area (Å²) in [6, 6.07) is 41.6. The second-order valence-electron chi connectivity index (χ2n) is 14.1. The van der Waals surface area contributed by atoms with Gasteiger partial charge in [0, 0.05) is 39.6 Å². The smallest absolute Gasteiger partial charge is 0.137 e. The molecule has 2 aromatic heterocycles. The molecule has 238 valence electrons. The van der Waals surface area contributed by atoms with E-state index in [1.54, 1.807) is 0 Å². The van der Waals surface area contributed by atoms with Gasteiger partial charge in [-0.1, -0.05) is 106 Å². The fraction of sp³-hybridized carbons (Fsp3) is 0.152. The lowest BCUT2D eigenvalue weighted by Gasteiger charge is -2.28. The van der Waals surface area contributed by atoms with Gasteiger partial charge in [-0.2, -0.15) is 0 Å². The van der Waals surface area contributed by atoms with Crippen LogP contribution >= 0.6 is 0 Å². The maximum Gasteiger partial charge on any atom is 0.137 e. The van der Waals surface area contributed by atoms with E-state index in [2.05, 4.69) is 170 Å². The molecule has 0 fully saturated rings. The van der Waals surface area contributed by atoms with E-state index in [9.17, 15) is 0 Å². The molecule has 3 aliphatic carbocycles. The lowest BCUT2D eigenvalue weighted by molar-refractivity contribution is 0.643. The minimum atomic E-state index is -0.0416. The molecule has 0 bridgehead atoms. The molecule has 0 spiro atoms. The first-order valence-electron chi connectivity index (χ1n) is 17.4. The van der Waals surface area contributed by atoms with Crippen molar-refractivity contribution in [2.45, 2.75) is 39.0 Å². The highest BCUT2D eigenvalue weighted by molar-refractivity contribution is 6.03. The molecule has 1 atom stereocenters. The summed E-state index contributed by atoms with van der Waals surface area (Å²) in [6.07, 6.45) is 15.6. The van der Waals surface area contributed by atoms with Crippen LogP contribution in [0.4, 0.5) is 17.2 Å². The molecule has 9 rings (SSSR count). The Bertz CT molecular complexity index is 2350. The van der Waals surface area contributed by atoms with E-state index >= 15 is 0 Å². The number of anilines is 3. The Kier molecular flexibility index (Phi) is 6.91. The van der Waals surface area contributed by atoms with Crippen molar-refractivity contribution in [3.05, 3.63) is 173 Å². The highest BCUT2D eigenvalue weighted by atomic mass is 15.2. The summed E-state index contributed by atoms with van der Waals surface area (Å²) in [6.45, 7) is 7.05. The number of para-hydroxylation sites is 2. The van der Waals surface area contributed by atoms with E-state index in [-0.39, 0.29) is 5.41 Å². The molecule has 1 unspecified atom stereocenters. The lowest BCUT2D eigenvalue weighted by atomic mass is 9.79. The lowest BCUT2D eigenvalue weighted by Crippen LogP contribution is -2.18. The molecule has 3 aliphatic rings. The number of rotatable bonds is 5. The van der Waals surface area contributed by atoms with Gasteiger partial charge in [0.15, 0.2) is 0 Å². The SMILES string of the molecule is CC1C=CC2=C(C1)c1ccc(N(c3ccc(/C=C4\CC=Cc5c4c4ccccc4n5-c4ccccc4)cc3)c3ccccn3)cc1C2(C)C. The van der Waals surface area contributed by atoms with Crippen LogP contribution in [-0.4, -0.2) is 9.55 Å². The molecule has 0 N–H and O–H groups in total. The number of nitrogens with zero attached hydrogens (tertiary/aromatic N) is 3. The summed E-state index contributed by atoms with van der Waals surface area (Å²) in [5.41, 5.74) is 15.4. The summed E-state index contributed by atoms with van der Waals surface area (Å²) in [4.78, 5) is 7.11. The van der Waals surface area contributed by atoms with Crippen LogP contribution in [0.15, 0.2) is 145 Å². The third-order valence-electron chi connectivity index (χ3n) is 10.6. The third kappa shape index (κ3) is 4.84. The molecule has 6 aromatic rings. The second-order valence-corrected chi connectivity index (χ2v) is 14.1. The van der Waals surface area contributed by atoms with Crippen LogP contribution < -0.4 is 4.90 Å². The summed E-state index contributed by atoms with van der Waals surface area (Å²) >= 11 is 0. The Hall–Kier alpha value is -5.67. The van der Waals surface area contributed by atoms with Gasteiger partial charge >= 0.3 is 0 Å². The van der Waals surface area contributed by atoms with Crippen molar-refractivity contribution in [1.82, 2.24) is 9.55 Å². The Morgan fingerprint density at radius 2 is 1.59 bits per heavy atom. The van der Waals surface area contributed by atoms with Crippen LogP contribution in [-0.2, 0) is 5.41 Å². The molecule has 0 aliphatic heterocycles. The summed E-state index contributed by atoms with van der Waals surface area (Å²) in [7, 11) is 0. The molecule has 0 amide bonds. The van der Waals surface area contributed by atoms with E-state index in [0.29, 0.717) is 5.92 Å². The quantitative estimate of drug-likeness (QED) is 0.188. The molecule has 4 aromatic carbocycles. The van der Waals surface area contributed by atoms with Gasteiger partial charge in [0.25, 0.3) is 0 Å². The van der Waals surface area contributed by atoms with Crippen molar-refractivity contribution in [2.75, 3.05) is 4.90 Å². The van der Waals surface area contributed by atoms with E-state index in [4.69, 9.17) is 4.98 Å². The average Bonchev–Trinajstić information content (AvgIpc) is 3.59. The summed E-state index contributed by atoms with van der Waals surface area (Å²) in [5.74, 6) is 1.48. The first-order chi connectivity index (χ1) is 24.0. The number of fused-ring (bicyclic) bond motifs is 5. The van der Waals surface area contributed by atoms with Gasteiger partial charge in [-0.25, -0.2) is 4.98 Å². The number of hydrogen-bond acceptors (Lipinski definition) is 2. The van der Waals surface area contributed by atoms with Crippen LogP contribution in [0.3, 0.4) is 0 Å². The number of benzene rings is 4. The summed E-state index contributed by atoms with van der Waals surface area (Å²) < 4.78 is 2.39. The topological polar surface area (TPSA) is 21.1 Å². The van der Waals surface area contributed by atoms with Crippen LogP contribution in [0.1, 0.15) is 61.6 Å². The fourth-order valence-electron chi connectivity index (χ4n) is 8.26. The predicted octanol–water partition coefficient (Wildman–Crippen LogP) is 12.1. The Labute approximate surface area is 288 Å². The molecule has 0 radical (unpaired) electrons. The maximum atomic E-state index is 4.82. The van der Waals surface area contributed by atoms with Crippen molar-refractivity contribution < 1.29 is 0 Å². The van der Waals surface area contributed by atoms with Crippen molar-refractivity contribution in [2.24, 2.45) is 5.92 Å². The second kappa shape index (κ2) is 11.5. The molecule has 3 nitrogen and oxygen atoms in total. The van der Waals surface area contributed by atoms with Gasteiger partial charge in [0.05, 0.1) is 11.2 Å². The number of pyridine rings is 1. The van der Waals surface area contributed by atoms with Gasteiger partial charge in [0.1, 0.15) is 5.82 Å². The molecule has 0 saturated carbocycles. The number of aromatic nitrogens is 2. The van der Waals surface area contributed by atoms with Crippen LogP contribution in [0.25, 0.3) is 39.9 Å². The molecule has 49 heavy (non-hydrogen) atoms. The largest absolute Gasteiger partial charge is 0.309 e. The van der Waals surface area contributed by atoms with E-state index in [1.807, 2.05) is 12.3 Å². The summed E-state index contributed by atoms with van der Waals surface area (Å²) in [5, 5.41) is 1.29. The fourth-order valence-corrected chi connectivity index (χ4v) is 8.26. The molecular weight excluding hydrogens is 595 g/mol. The zero-order valence-corrected chi connectivity index (χ0v) is 28.3. The normalized spacial score (nSPS) is 18.1. The standard InChI is InChI=1S/C46H39N3/c1-31-19-26-40-39(28-31)37-25-24-36(30-41(37)46(40,2)3)48(44-18-9-10-27-47-44)35-22-20-32(21-23-35)29-33-12-11-17-43-45(33)38-15-7-8-16-42(38)49(43)34-13-5-4-6-14-34/h4-11,13-27,29-31H,12,28H2,1-3H3/b33-29+. The Balaban J connectivity index is 1.11. The minimum absolute atomic E-state index is 0.0416. The van der Waals surface area contributed by atoms with Gasteiger partial charge in [-0.15, -0.1) is 0 Å². The average molecular weight is 634 g/mol. The minimum Gasteiger partial charge on any atom is -0.309 e. The van der Waals surface area contributed by atoms with Gasteiger partial charge in [-0.3, -0.25) is 4.90 Å². The van der Waals surface area contributed by atoms with E-state index in [1.165, 1.54) is 61.3 Å². The van der Waals surface area contributed by atoms with Crippen molar-refractivity contribution in [3.63, 3.8) is 0 Å².